The van der Waals surface area contributed by atoms with E-state index in [4.69, 9.17) is 11.6 Å². The molecule has 4 nitrogen and oxygen atoms in total. The highest BCUT2D eigenvalue weighted by atomic mass is 35.5. The monoisotopic (exact) mass is 356 g/mol. The Bertz CT molecular complexity index is 789. The van der Waals surface area contributed by atoms with E-state index < -0.39 is 0 Å². The standard InChI is InChI=1S/C20H21ClN2O2/c1-13-6-8-15(9-7-13)18-11-23(12-19(18)22-14(2)24)20(25)16-4-3-5-17(21)10-16/h3-10,18-19H,11-12H2,1-2H3,(H,22,24)/t18-,19+/m0/s1. The Balaban J connectivity index is 1.84. The lowest BCUT2D eigenvalue weighted by Crippen LogP contribution is -2.39. The topological polar surface area (TPSA) is 49.4 Å². The van der Waals surface area contributed by atoms with Gasteiger partial charge in [0.05, 0.1) is 6.04 Å². The fraction of sp³-hybridized carbons (Fsp3) is 0.300. The van der Waals surface area contributed by atoms with Crippen molar-refractivity contribution >= 4 is 23.4 Å². The van der Waals surface area contributed by atoms with E-state index in [1.807, 2.05) is 6.92 Å². The minimum atomic E-state index is -0.0941. The fourth-order valence-electron chi connectivity index (χ4n) is 3.33. The van der Waals surface area contributed by atoms with Crippen molar-refractivity contribution in [2.24, 2.45) is 0 Å². The van der Waals surface area contributed by atoms with Gasteiger partial charge in [-0.1, -0.05) is 47.5 Å². The van der Waals surface area contributed by atoms with E-state index in [2.05, 4.69) is 29.6 Å². The van der Waals surface area contributed by atoms with Gasteiger partial charge in [-0.2, -0.15) is 0 Å². The van der Waals surface area contributed by atoms with Gasteiger partial charge in [0.15, 0.2) is 0 Å². The summed E-state index contributed by atoms with van der Waals surface area (Å²) in [7, 11) is 0. The highest BCUT2D eigenvalue weighted by Gasteiger charge is 2.36. The summed E-state index contributed by atoms with van der Waals surface area (Å²) >= 11 is 6.00. The van der Waals surface area contributed by atoms with Gasteiger partial charge >= 0.3 is 0 Å². The van der Waals surface area contributed by atoms with Crippen LogP contribution in [0.2, 0.25) is 5.02 Å². The van der Waals surface area contributed by atoms with E-state index in [1.54, 1.807) is 29.2 Å². The van der Waals surface area contributed by atoms with Crippen LogP contribution in [0.25, 0.3) is 0 Å². The second kappa shape index (κ2) is 7.28. The molecule has 1 aliphatic rings. The van der Waals surface area contributed by atoms with Crippen LogP contribution < -0.4 is 5.32 Å². The zero-order valence-corrected chi connectivity index (χ0v) is 15.1. The number of carbonyl (C=O) groups is 2. The average Bonchev–Trinajstić information content (AvgIpc) is 2.98. The fourth-order valence-corrected chi connectivity index (χ4v) is 3.52. The third-order valence-electron chi connectivity index (χ3n) is 4.57. The normalized spacial score (nSPS) is 19.7. The van der Waals surface area contributed by atoms with E-state index in [-0.39, 0.29) is 23.8 Å². The highest BCUT2D eigenvalue weighted by molar-refractivity contribution is 6.30. The van der Waals surface area contributed by atoms with Crippen LogP contribution in [0.15, 0.2) is 48.5 Å². The van der Waals surface area contributed by atoms with Crippen LogP contribution in [-0.4, -0.2) is 35.8 Å². The molecule has 1 N–H and O–H groups in total. The zero-order chi connectivity index (χ0) is 18.0. The largest absolute Gasteiger partial charge is 0.351 e. The quantitative estimate of drug-likeness (QED) is 0.916. The highest BCUT2D eigenvalue weighted by Crippen LogP contribution is 2.29. The molecule has 0 radical (unpaired) electrons. The Morgan fingerprint density at radius 2 is 1.84 bits per heavy atom. The number of likely N-dealkylation sites (tertiary alicyclic amines) is 1. The maximum atomic E-state index is 12.8. The van der Waals surface area contributed by atoms with Crippen LogP contribution in [-0.2, 0) is 4.79 Å². The number of benzene rings is 2. The molecule has 25 heavy (non-hydrogen) atoms. The van der Waals surface area contributed by atoms with Gasteiger partial charge in [0.2, 0.25) is 5.91 Å². The molecule has 2 amide bonds. The van der Waals surface area contributed by atoms with Gasteiger partial charge in [-0.3, -0.25) is 9.59 Å². The lowest BCUT2D eigenvalue weighted by molar-refractivity contribution is -0.119. The molecule has 2 aromatic rings. The van der Waals surface area contributed by atoms with E-state index in [1.165, 1.54) is 12.5 Å². The number of rotatable bonds is 3. The van der Waals surface area contributed by atoms with Crippen molar-refractivity contribution in [1.29, 1.82) is 0 Å². The van der Waals surface area contributed by atoms with Crippen molar-refractivity contribution in [2.75, 3.05) is 13.1 Å². The van der Waals surface area contributed by atoms with Gasteiger partial charge < -0.3 is 10.2 Å². The molecule has 130 valence electrons. The minimum Gasteiger partial charge on any atom is -0.351 e. The van der Waals surface area contributed by atoms with Gasteiger partial charge in [0.25, 0.3) is 5.91 Å². The maximum absolute atomic E-state index is 12.8. The third-order valence-corrected chi connectivity index (χ3v) is 4.81. The molecule has 2 aromatic carbocycles. The summed E-state index contributed by atoms with van der Waals surface area (Å²) in [5.74, 6) is -0.0701. The number of amides is 2. The number of nitrogens with one attached hydrogen (secondary N) is 1. The van der Waals surface area contributed by atoms with E-state index in [9.17, 15) is 9.59 Å². The second-order valence-electron chi connectivity index (χ2n) is 6.54. The zero-order valence-electron chi connectivity index (χ0n) is 14.3. The van der Waals surface area contributed by atoms with Crippen LogP contribution in [0.4, 0.5) is 0 Å². The third kappa shape index (κ3) is 4.02. The van der Waals surface area contributed by atoms with Crippen molar-refractivity contribution in [3.8, 4) is 0 Å². The number of halogens is 1. The average molecular weight is 357 g/mol. The molecule has 0 aromatic heterocycles. The lowest BCUT2D eigenvalue weighted by atomic mass is 9.93. The van der Waals surface area contributed by atoms with Crippen LogP contribution in [0.3, 0.4) is 0 Å². The number of hydrogen-bond donors (Lipinski definition) is 1. The SMILES string of the molecule is CC(=O)N[C@@H]1CN(C(=O)c2cccc(Cl)c2)C[C@H]1c1ccc(C)cc1. The number of carbonyl (C=O) groups excluding carboxylic acids is 2. The first-order valence-corrected chi connectivity index (χ1v) is 8.70. The van der Waals surface area contributed by atoms with Crippen LogP contribution in [0.1, 0.15) is 34.3 Å². The molecule has 0 spiro atoms. The number of nitrogens with zero attached hydrogens (tertiary/aromatic N) is 1. The molecule has 0 saturated carbocycles. The van der Waals surface area contributed by atoms with Crippen molar-refractivity contribution in [1.82, 2.24) is 10.2 Å². The summed E-state index contributed by atoms with van der Waals surface area (Å²) in [6.07, 6.45) is 0. The maximum Gasteiger partial charge on any atom is 0.253 e. The summed E-state index contributed by atoms with van der Waals surface area (Å²) in [5.41, 5.74) is 2.88. The van der Waals surface area contributed by atoms with Gasteiger partial charge in [-0.25, -0.2) is 0 Å². The Labute approximate surface area is 152 Å². The Morgan fingerprint density at radius 1 is 1.12 bits per heavy atom. The molecular formula is C20H21ClN2O2. The minimum absolute atomic E-state index is 0.0625. The van der Waals surface area contributed by atoms with Gasteiger partial charge in [-0.05, 0) is 30.7 Å². The van der Waals surface area contributed by atoms with Crippen molar-refractivity contribution in [2.45, 2.75) is 25.8 Å². The number of hydrogen-bond acceptors (Lipinski definition) is 2. The van der Waals surface area contributed by atoms with E-state index in [0.29, 0.717) is 23.7 Å². The van der Waals surface area contributed by atoms with Crippen molar-refractivity contribution in [3.63, 3.8) is 0 Å². The van der Waals surface area contributed by atoms with Crippen molar-refractivity contribution < 1.29 is 9.59 Å². The molecule has 3 rings (SSSR count). The van der Waals surface area contributed by atoms with Gasteiger partial charge in [-0.15, -0.1) is 0 Å². The van der Waals surface area contributed by atoms with Crippen molar-refractivity contribution in [3.05, 3.63) is 70.2 Å². The van der Waals surface area contributed by atoms with E-state index >= 15 is 0 Å². The Hall–Kier alpha value is -2.33. The molecule has 2 atom stereocenters. The van der Waals surface area contributed by atoms with Crippen LogP contribution in [0, 0.1) is 6.92 Å². The molecule has 0 unspecified atom stereocenters. The first kappa shape index (κ1) is 17.5. The molecule has 1 saturated heterocycles. The van der Waals surface area contributed by atoms with Gasteiger partial charge in [0.1, 0.15) is 0 Å². The molecule has 1 aliphatic heterocycles. The molecule has 5 heteroatoms. The smallest absolute Gasteiger partial charge is 0.253 e. The summed E-state index contributed by atoms with van der Waals surface area (Å²) in [6, 6.07) is 15.1. The predicted molar refractivity (Wildman–Crippen MR) is 98.9 cm³/mol. The molecular weight excluding hydrogens is 336 g/mol. The predicted octanol–water partition coefficient (Wildman–Crippen LogP) is 3.39. The summed E-state index contributed by atoms with van der Waals surface area (Å²) in [6.45, 7) is 4.61. The summed E-state index contributed by atoms with van der Waals surface area (Å²) < 4.78 is 0. The molecule has 0 bridgehead atoms. The first-order chi connectivity index (χ1) is 11.9. The molecule has 1 fully saturated rings. The first-order valence-electron chi connectivity index (χ1n) is 8.32. The summed E-state index contributed by atoms with van der Waals surface area (Å²) in [4.78, 5) is 26.2. The van der Waals surface area contributed by atoms with Gasteiger partial charge in [0, 0.05) is 36.5 Å². The number of aryl methyl sites for hydroxylation is 1. The lowest BCUT2D eigenvalue weighted by Gasteiger charge is -2.19. The van der Waals surface area contributed by atoms with Crippen LogP contribution in [0.5, 0.6) is 0 Å². The second-order valence-corrected chi connectivity index (χ2v) is 6.98. The summed E-state index contributed by atoms with van der Waals surface area (Å²) in [5, 5.41) is 3.53. The van der Waals surface area contributed by atoms with E-state index in [0.717, 1.165) is 5.56 Å². The molecule has 1 heterocycles. The Kier molecular flexibility index (Phi) is 5.09. The van der Waals surface area contributed by atoms with Crippen LogP contribution >= 0.6 is 11.6 Å². The Morgan fingerprint density at radius 3 is 2.48 bits per heavy atom. The molecule has 0 aliphatic carbocycles.